The molecule has 0 amide bonds. The summed E-state index contributed by atoms with van der Waals surface area (Å²) < 4.78 is 3.99. The first-order valence-corrected chi connectivity index (χ1v) is 11.5. The maximum absolute atomic E-state index is 6.17. The van der Waals surface area contributed by atoms with E-state index < -0.39 is 0 Å². The van der Waals surface area contributed by atoms with Crippen LogP contribution in [0.5, 0.6) is 0 Å². The second kappa shape index (κ2) is 4.28. The molecule has 1 saturated heterocycles. The second-order valence-corrected chi connectivity index (χ2v) is 18.4. The van der Waals surface area contributed by atoms with E-state index in [1.807, 2.05) is 0 Å². The fourth-order valence-corrected chi connectivity index (χ4v) is 24.7. The van der Waals surface area contributed by atoms with Crippen LogP contribution in [0.2, 0.25) is 0 Å². The molecular weight excluding hydrogens is 505 g/mol. The average molecular weight is 519 g/mol. The van der Waals surface area contributed by atoms with Crippen molar-refractivity contribution in [1.82, 2.24) is 0 Å². The zero-order valence-corrected chi connectivity index (χ0v) is 14.1. The summed E-state index contributed by atoms with van der Waals surface area (Å²) in [7, 11) is 0. The molecular formula is C8H14I3N2-3. The topological polar surface area (TPSA) is 52.0 Å². The van der Waals surface area contributed by atoms with Gasteiger partial charge in [0.2, 0.25) is 0 Å². The van der Waals surface area contributed by atoms with Crippen LogP contribution in [-0.2, 0) is 0 Å². The summed E-state index contributed by atoms with van der Waals surface area (Å²) in [6.45, 7) is 4.68. The molecule has 13 heavy (non-hydrogen) atoms. The molecule has 0 aliphatic carbocycles. The van der Waals surface area contributed by atoms with E-state index in [2.05, 4.69) is 13.8 Å². The van der Waals surface area contributed by atoms with E-state index in [0.29, 0.717) is 23.3 Å². The van der Waals surface area contributed by atoms with Crippen molar-refractivity contribution < 1.29 is 63.6 Å². The predicted octanol–water partition coefficient (Wildman–Crippen LogP) is -8.96. The molecule has 80 valence electrons. The number of fused-ring (bicyclic) bond motifs is 2. The Labute approximate surface area is 110 Å². The number of nitrogens with two attached hydrogens (primary N) is 2. The summed E-state index contributed by atoms with van der Waals surface area (Å²) in [5.41, 5.74) is 13.6. The van der Waals surface area contributed by atoms with E-state index in [1.165, 1.54) is 5.70 Å². The molecule has 0 aromatic rings. The van der Waals surface area contributed by atoms with Gasteiger partial charge < -0.3 is 0 Å². The molecule has 0 saturated carbocycles. The molecule has 4 N–H and O–H groups in total. The number of alkyl halides is 5. The summed E-state index contributed by atoms with van der Waals surface area (Å²) >= 11 is 0.716. The maximum atomic E-state index is 6.17. The van der Waals surface area contributed by atoms with Crippen LogP contribution in [0, 0.1) is 5.92 Å². The van der Waals surface area contributed by atoms with Crippen molar-refractivity contribution in [3.63, 3.8) is 0 Å². The zero-order valence-electron chi connectivity index (χ0n) is 7.60. The van der Waals surface area contributed by atoms with Crippen molar-refractivity contribution in [2.75, 3.05) is 0 Å². The van der Waals surface area contributed by atoms with Gasteiger partial charge in [-0.1, -0.05) is 0 Å². The zero-order chi connectivity index (χ0) is 9.59. The van der Waals surface area contributed by atoms with E-state index in [1.54, 1.807) is 3.58 Å². The molecule has 0 spiro atoms. The number of hydrogen-bond acceptors (Lipinski definition) is 2. The first-order chi connectivity index (χ1) is 6.09. The molecule has 5 heteroatoms. The third kappa shape index (κ3) is 2.12. The molecule has 2 rings (SSSR count). The Morgan fingerprint density at radius 3 is 2.69 bits per heavy atom. The molecule has 0 aromatic carbocycles. The van der Waals surface area contributed by atoms with E-state index in [0.717, 1.165) is 11.8 Å². The molecule has 2 heterocycles. The number of halogens is 3. The molecule has 2 aliphatic rings. The molecule has 0 aromatic heterocycles. The first kappa shape index (κ1) is 11.2. The van der Waals surface area contributed by atoms with Crippen LogP contribution < -0.4 is 75.1 Å². The predicted molar refractivity (Wildman–Crippen MR) is 41.6 cm³/mol. The number of allylic oxidation sites excluding steroid dienone is 2. The van der Waals surface area contributed by atoms with Gasteiger partial charge in [-0.15, -0.1) is 0 Å². The van der Waals surface area contributed by atoms with Crippen LogP contribution in [0.4, 0.5) is 0 Å². The van der Waals surface area contributed by atoms with Gasteiger partial charge in [0.25, 0.3) is 0 Å². The molecule has 2 aliphatic heterocycles. The number of rotatable bonds is 0. The Bertz CT molecular complexity index is 254. The molecule has 1 unspecified atom stereocenters. The Hall–Kier alpha value is 1.69. The van der Waals surface area contributed by atoms with Crippen molar-refractivity contribution in [3.8, 4) is 0 Å². The van der Waals surface area contributed by atoms with E-state index in [-0.39, 0.29) is 42.4 Å². The van der Waals surface area contributed by atoms with Gasteiger partial charge in [0.15, 0.2) is 0 Å². The van der Waals surface area contributed by atoms with Crippen molar-refractivity contribution >= 4 is 0 Å². The SMILES string of the molecule is CC1=C(N)[C@@H]2[I-]C(N)[I-][C@H]([I-]1)[C@@H]2C. The minimum atomic E-state index is 0.164. The monoisotopic (exact) mass is 519 g/mol. The van der Waals surface area contributed by atoms with Crippen LogP contribution in [0.15, 0.2) is 9.28 Å². The molecule has 0 radical (unpaired) electrons. The minimum absolute atomic E-state index is 0.164. The van der Waals surface area contributed by atoms with Crippen LogP contribution in [-0.4, -0.2) is 7.91 Å². The van der Waals surface area contributed by atoms with Crippen molar-refractivity contribution in [3.05, 3.63) is 9.28 Å². The Kier molecular flexibility index (Phi) is 3.68. The normalized spacial score (nSPS) is 47.0. The molecule has 2 nitrogen and oxygen atoms in total. The van der Waals surface area contributed by atoms with Gasteiger partial charge in [0.05, 0.1) is 0 Å². The summed E-state index contributed by atoms with van der Waals surface area (Å²) in [5, 5.41) is 0. The van der Waals surface area contributed by atoms with Gasteiger partial charge >= 0.3 is 112 Å². The summed E-state index contributed by atoms with van der Waals surface area (Å²) in [6, 6.07) is 0. The van der Waals surface area contributed by atoms with Crippen molar-refractivity contribution in [2.24, 2.45) is 17.4 Å². The quantitative estimate of drug-likeness (QED) is 0.190. The van der Waals surface area contributed by atoms with Crippen LogP contribution in [0.3, 0.4) is 0 Å². The van der Waals surface area contributed by atoms with E-state index in [9.17, 15) is 0 Å². The van der Waals surface area contributed by atoms with Crippen LogP contribution in [0.25, 0.3) is 0 Å². The van der Waals surface area contributed by atoms with Crippen LogP contribution in [0.1, 0.15) is 13.8 Å². The Balaban J connectivity index is 2.29. The summed E-state index contributed by atoms with van der Waals surface area (Å²) in [4.78, 5) is 0. The summed E-state index contributed by atoms with van der Waals surface area (Å²) in [6.07, 6.45) is 0. The third-order valence-electron chi connectivity index (χ3n) is 2.32. The van der Waals surface area contributed by atoms with Crippen molar-refractivity contribution in [2.45, 2.75) is 21.8 Å². The van der Waals surface area contributed by atoms with Gasteiger partial charge in [0, 0.05) is 0 Å². The fourth-order valence-electron chi connectivity index (χ4n) is 1.51. The van der Waals surface area contributed by atoms with Crippen LogP contribution >= 0.6 is 0 Å². The van der Waals surface area contributed by atoms with E-state index >= 15 is 0 Å². The average Bonchev–Trinajstić information content (AvgIpc) is 2.06. The fraction of sp³-hybridized carbons (Fsp3) is 0.750. The van der Waals surface area contributed by atoms with Gasteiger partial charge in [-0.05, 0) is 0 Å². The van der Waals surface area contributed by atoms with Crippen molar-refractivity contribution in [1.29, 1.82) is 0 Å². The second-order valence-electron chi connectivity index (χ2n) is 3.28. The third-order valence-corrected chi connectivity index (χ3v) is 18.4. The number of hydrogen-bond donors (Lipinski definition) is 2. The Morgan fingerprint density at radius 2 is 2.00 bits per heavy atom. The van der Waals surface area contributed by atoms with Gasteiger partial charge in [-0.25, -0.2) is 0 Å². The molecule has 4 atom stereocenters. The first-order valence-electron chi connectivity index (χ1n) is 4.18. The van der Waals surface area contributed by atoms with Gasteiger partial charge in [0.1, 0.15) is 0 Å². The summed E-state index contributed by atoms with van der Waals surface area (Å²) in [5.74, 6) is 0.900. The van der Waals surface area contributed by atoms with Gasteiger partial charge in [-0.3, -0.25) is 0 Å². The standard InChI is InChI=1S/C8H14I3N2/c1-3-5-6(12)4(2)9-7(3)11-8(13)10-5/h3,5,7-8H,12-13H2,1-2H3/q-3/t3-,5-,7+,8?/m1/s1. The van der Waals surface area contributed by atoms with E-state index in [4.69, 9.17) is 11.5 Å². The molecule has 1 fully saturated rings. The molecule has 2 bridgehead atoms. The Morgan fingerprint density at radius 1 is 1.31 bits per heavy atom. The van der Waals surface area contributed by atoms with Gasteiger partial charge in [-0.2, -0.15) is 0 Å².